The number of carbonyl (C=O) groups is 1. The van der Waals surface area contributed by atoms with Crippen molar-refractivity contribution in [3.63, 3.8) is 0 Å². The molecule has 118 valence electrons. The maximum Gasteiger partial charge on any atom is 0.272 e. The second-order valence-electron chi connectivity index (χ2n) is 5.68. The van der Waals surface area contributed by atoms with Crippen molar-refractivity contribution in [2.75, 3.05) is 18.6 Å². The molecule has 3 N–H and O–H groups in total. The van der Waals surface area contributed by atoms with Gasteiger partial charge in [-0.1, -0.05) is 19.3 Å². The molecular formula is C15H25N3O2S. The first-order valence-electron chi connectivity index (χ1n) is 7.70. The lowest BCUT2D eigenvalue weighted by molar-refractivity contribution is 0.0930. The topological polar surface area (TPSA) is 78.0 Å². The summed E-state index contributed by atoms with van der Waals surface area (Å²) in [6, 6.07) is 1.88. The molecule has 0 aliphatic heterocycles. The number of nitrogens with zero attached hydrogens (tertiary/aromatic N) is 1. The molecule has 1 aromatic rings. The average molecular weight is 311 g/mol. The second-order valence-corrected chi connectivity index (χ2v) is 6.59. The number of hydrogen-bond donors (Lipinski definition) is 3. The van der Waals surface area contributed by atoms with Crippen LogP contribution >= 0.6 is 11.8 Å². The predicted octanol–water partition coefficient (Wildman–Crippen LogP) is 2.30. The fourth-order valence-electron chi connectivity index (χ4n) is 2.89. The van der Waals surface area contributed by atoms with E-state index in [1.165, 1.54) is 32.1 Å². The maximum absolute atomic E-state index is 12.2. The third-order valence-corrected chi connectivity index (χ3v) is 4.79. The van der Waals surface area contributed by atoms with Crippen LogP contribution in [0.3, 0.4) is 0 Å². The number of aliphatic hydroxyl groups excluding tert-OH is 1. The fraction of sp³-hybridized carbons (Fsp3) is 0.733. The van der Waals surface area contributed by atoms with Crippen molar-refractivity contribution in [2.45, 2.75) is 50.5 Å². The molecule has 1 fully saturated rings. The van der Waals surface area contributed by atoms with E-state index in [2.05, 4.69) is 15.5 Å². The van der Waals surface area contributed by atoms with Gasteiger partial charge < -0.3 is 10.4 Å². The lowest BCUT2D eigenvalue weighted by Crippen LogP contribution is -2.37. The lowest BCUT2D eigenvalue weighted by Gasteiger charge is -2.19. The Hall–Kier alpha value is -1.01. The van der Waals surface area contributed by atoms with Gasteiger partial charge in [0.2, 0.25) is 0 Å². The molecule has 1 aliphatic rings. The molecule has 5 nitrogen and oxygen atoms in total. The molecule has 1 unspecified atom stereocenters. The molecule has 0 bridgehead atoms. The van der Waals surface area contributed by atoms with Crippen LogP contribution in [0.1, 0.15) is 60.6 Å². The van der Waals surface area contributed by atoms with Gasteiger partial charge in [0.1, 0.15) is 5.69 Å². The van der Waals surface area contributed by atoms with Gasteiger partial charge in [0.05, 0.1) is 0 Å². The Morgan fingerprint density at radius 3 is 2.95 bits per heavy atom. The van der Waals surface area contributed by atoms with E-state index in [9.17, 15) is 4.79 Å². The molecule has 1 aromatic heterocycles. The number of rotatable bonds is 7. The molecule has 2 rings (SSSR count). The summed E-state index contributed by atoms with van der Waals surface area (Å²) in [5, 5.41) is 19.2. The van der Waals surface area contributed by atoms with Crippen molar-refractivity contribution in [3.8, 4) is 0 Å². The summed E-state index contributed by atoms with van der Waals surface area (Å²) < 4.78 is 0. The first-order valence-corrected chi connectivity index (χ1v) is 9.10. The molecular weight excluding hydrogens is 286 g/mol. The number of nitrogens with one attached hydrogen (secondary N) is 2. The Bertz CT molecular complexity index is 438. The van der Waals surface area contributed by atoms with Crippen LogP contribution in [-0.2, 0) is 0 Å². The molecule has 0 radical (unpaired) electrons. The Kier molecular flexibility index (Phi) is 6.57. The highest BCUT2D eigenvalue weighted by Gasteiger charge is 2.20. The first-order chi connectivity index (χ1) is 10.2. The Labute approximate surface area is 130 Å². The highest BCUT2D eigenvalue weighted by molar-refractivity contribution is 7.98. The summed E-state index contributed by atoms with van der Waals surface area (Å²) in [5.41, 5.74) is 1.54. The van der Waals surface area contributed by atoms with Gasteiger partial charge in [-0.3, -0.25) is 9.89 Å². The molecule has 1 amide bonds. The predicted molar refractivity (Wildman–Crippen MR) is 85.8 cm³/mol. The van der Waals surface area contributed by atoms with Crippen LogP contribution < -0.4 is 5.32 Å². The summed E-state index contributed by atoms with van der Waals surface area (Å²) in [6.07, 6.45) is 8.77. The van der Waals surface area contributed by atoms with Gasteiger partial charge in [-0.2, -0.15) is 16.9 Å². The smallest absolute Gasteiger partial charge is 0.272 e. The molecule has 1 saturated carbocycles. The normalized spacial score (nSPS) is 17.6. The van der Waals surface area contributed by atoms with Gasteiger partial charge in [-0.05, 0) is 31.6 Å². The van der Waals surface area contributed by atoms with E-state index in [0.717, 1.165) is 11.4 Å². The van der Waals surface area contributed by atoms with Crippen LogP contribution in [0.25, 0.3) is 0 Å². The van der Waals surface area contributed by atoms with Gasteiger partial charge in [0, 0.05) is 30.0 Å². The minimum absolute atomic E-state index is 0.00710. The molecule has 1 atom stereocenters. The Morgan fingerprint density at radius 2 is 2.29 bits per heavy atom. The molecule has 1 heterocycles. The highest BCUT2D eigenvalue weighted by atomic mass is 32.2. The average Bonchev–Trinajstić information content (AvgIpc) is 2.98. The summed E-state index contributed by atoms with van der Waals surface area (Å²) in [4.78, 5) is 12.2. The number of aromatic nitrogens is 2. The van der Waals surface area contributed by atoms with Crippen LogP contribution in [0, 0.1) is 0 Å². The van der Waals surface area contributed by atoms with Crippen molar-refractivity contribution < 1.29 is 9.90 Å². The lowest BCUT2D eigenvalue weighted by atomic mass is 9.87. The Balaban J connectivity index is 1.94. The van der Waals surface area contributed by atoms with Crippen LogP contribution in [0.2, 0.25) is 0 Å². The third-order valence-electron chi connectivity index (χ3n) is 4.06. The number of H-pyrrole nitrogens is 1. The van der Waals surface area contributed by atoms with Crippen molar-refractivity contribution in [2.24, 2.45) is 0 Å². The fourth-order valence-corrected chi connectivity index (χ4v) is 3.54. The van der Waals surface area contributed by atoms with E-state index in [4.69, 9.17) is 5.11 Å². The first kappa shape index (κ1) is 16.4. The minimum atomic E-state index is -0.152. The van der Waals surface area contributed by atoms with E-state index in [1.807, 2.05) is 12.3 Å². The van der Waals surface area contributed by atoms with E-state index < -0.39 is 0 Å². The third kappa shape index (κ3) is 4.74. The van der Waals surface area contributed by atoms with E-state index in [1.54, 1.807) is 11.8 Å². The van der Waals surface area contributed by atoms with Crippen LogP contribution in [-0.4, -0.2) is 45.9 Å². The molecule has 0 saturated heterocycles. The van der Waals surface area contributed by atoms with E-state index in [-0.39, 0.29) is 18.6 Å². The van der Waals surface area contributed by atoms with E-state index >= 15 is 0 Å². The molecule has 0 aromatic carbocycles. The number of carbonyl (C=O) groups excluding carboxylic acids is 1. The standard InChI is InChI=1S/C15H25N3O2S/c1-21-10-12(7-8-19)16-15(20)14-9-13(17-18-14)11-5-3-2-4-6-11/h9,11-12,19H,2-8,10H2,1H3,(H,16,20)(H,17,18). The van der Waals surface area contributed by atoms with Gasteiger partial charge in [-0.15, -0.1) is 0 Å². The summed E-state index contributed by atoms with van der Waals surface area (Å²) >= 11 is 1.66. The number of aromatic amines is 1. The molecule has 6 heteroatoms. The van der Waals surface area contributed by atoms with Gasteiger partial charge >= 0.3 is 0 Å². The molecule has 0 spiro atoms. The zero-order valence-corrected chi connectivity index (χ0v) is 13.4. The quantitative estimate of drug-likeness (QED) is 0.722. The van der Waals surface area contributed by atoms with E-state index in [0.29, 0.717) is 18.0 Å². The SMILES string of the molecule is CSCC(CCO)NC(=O)c1cc(C2CCCCC2)[nH]n1. The van der Waals surface area contributed by atoms with Crippen molar-refractivity contribution >= 4 is 17.7 Å². The van der Waals surface area contributed by atoms with Crippen molar-refractivity contribution in [3.05, 3.63) is 17.5 Å². The number of thioether (sulfide) groups is 1. The molecule has 21 heavy (non-hydrogen) atoms. The number of amides is 1. The Morgan fingerprint density at radius 1 is 1.52 bits per heavy atom. The second kappa shape index (κ2) is 8.44. The minimum Gasteiger partial charge on any atom is -0.396 e. The number of aliphatic hydroxyl groups is 1. The molecule has 1 aliphatic carbocycles. The van der Waals surface area contributed by atoms with Crippen LogP contribution in [0.15, 0.2) is 6.07 Å². The number of hydrogen-bond acceptors (Lipinski definition) is 4. The summed E-state index contributed by atoms with van der Waals surface area (Å²) in [7, 11) is 0. The summed E-state index contributed by atoms with van der Waals surface area (Å²) in [6.45, 7) is 0.0827. The van der Waals surface area contributed by atoms with Crippen LogP contribution in [0.4, 0.5) is 0 Å². The summed E-state index contributed by atoms with van der Waals surface area (Å²) in [5.74, 6) is 1.17. The van der Waals surface area contributed by atoms with Gasteiger partial charge in [0.15, 0.2) is 0 Å². The monoisotopic (exact) mass is 311 g/mol. The van der Waals surface area contributed by atoms with Gasteiger partial charge in [0.25, 0.3) is 5.91 Å². The largest absolute Gasteiger partial charge is 0.396 e. The van der Waals surface area contributed by atoms with Crippen LogP contribution in [0.5, 0.6) is 0 Å². The zero-order chi connectivity index (χ0) is 15.1. The van der Waals surface area contributed by atoms with Crippen molar-refractivity contribution in [1.82, 2.24) is 15.5 Å². The highest BCUT2D eigenvalue weighted by Crippen LogP contribution is 2.31. The van der Waals surface area contributed by atoms with Crippen molar-refractivity contribution in [1.29, 1.82) is 0 Å². The van der Waals surface area contributed by atoms with Gasteiger partial charge in [-0.25, -0.2) is 0 Å². The zero-order valence-electron chi connectivity index (χ0n) is 12.6. The maximum atomic E-state index is 12.2.